The Bertz CT molecular complexity index is 611. The van der Waals surface area contributed by atoms with Crippen LogP contribution in [0.2, 0.25) is 0 Å². The minimum absolute atomic E-state index is 0.291. The summed E-state index contributed by atoms with van der Waals surface area (Å²) in [6.45, 7) is 0. The van der Waals surface area contributed by atoms with E-state index in [9.17, 15) is 9.59 Å². The zero-order valence-electron chi connectivity index (χ0n) is 9.07. The van der Waals surface area contributed by atoms with E-state index in [2.05, 4.69) is 9.97 Å². The molecule has 0 atom stereocenters. The maximum atomic E-state index is 11.1. The molecule has 2 rings (SSSR count). The highest BCUT2D eigenvalue weighted by Crippen LogP contribution is 2.22. The zero-order chi connectivity index (χ0) is 13.1. The SMILES string of the molecule is O=C(O)c1ccc(-c2ccncc2)c(C(=O)O)n1. The second-order valence-electron chi connectivity index (χ2n) is 3.44. The van der Waals surface area contributed by atoms with Crippen molar-refractivity contribution in [3.05, 3.63) is 48.0 Å². The van der Waals surface area contributed by atoms with E-state index in [-0.39, 0.29) is 11.4 Å². The van der Waals surface area contributed by atoms with Crippen molar-refractivity contribution in [3.63, 3.8) is 0 Å². The quantitative estimate of drug-likeness (QED) is 0.849. The Labute approximate surface area is 102 Å². The van der Waals surface area contributed by atoms with Gasteiger partial charge in [0.15, 0.2) is 5.69 Å². The molecule has 90 valence electrons. The zero-order valence-corrected chi connectivity index (χ0v) is 9.07. The number of carbonyl (C=O) groups is 2. The number of aromatic carboxylic acids is 2. The molecule has 0 amide bonds. The third-order valence-corrected chi connectivity index (χ3v) is 2.31. The Morgan fingerprint density at radius 1 is 0.944 bits per heavy atom. The van der Waals surface area contributed by atoms with Gasteiger partial charge in [-0.15, -0.1) is 0 Å². The first-order valence-electron chi connectivity index (χ1n) is 4.97. The highest BCUT2D eigenvalue weighted by molar-refractivity contribution is 5.96. The predicted octanol–water partition coefficient (Wildman–Crippen LogP) is 1.54. The molecule has 0 aliphatic rings. The fraction of sp³-hybridized carbons (Fsp3) is 0. The lowest BCUT2D eigenvalue weighted by molar-refractivity contribution is 0.0686. The summed E-state index contributed by atoms with van der Waals surface area (Å²) < 4.78 is 0. The molecule has 18 heavy (non-hydrogen) atoms. The summed E-state index contributed by atoms with van der Waals surface area (Å²) in [6, 6.07) is 5.95. The molecule has 2 aromatic rings. The third kappa shape index (κ3) is 2.17. The molecule has 0 saturated carbocycles. The molecule has 0 radical (unpaired) electrons. The standard InChI is InChI=1S/C12H8N2O4/c15-11(16)9-2-1-8(10(14-9)12(17)18)7-3-5-13-6-4-7/h1-6H,(H,15,16)(H,17,18). The van der Waals surface area contributed by atoms with Crippen molar-refractivity contribution < 1.29 is 19.8 Å². The third-order valence-electron chi connectivity index (χ3n) is 2.31. The topological polar surface area (TPSA) is 100 Å². The molecular weight excluding hydrogens is 236 g/mol. The van der Waals surface area contributed by atoms with E-state index in [0.717, 1.165) is 0 Å². The number of hydrogen-bond donors (Lipinski definition) is 2. The van der Waals surface area contributed by atoms with Crippen LogP contribution >= 0.6 is 0 Å². The van der Waals surface area contributed by atoms with Gasteiger partial charge >= 0.3 is 11.9 Å². The average molecular weight is 244 g/mol. The summed E-state index contributed by atoms with van der Waals surface area (Å²) in [6.07, 6.45) is 3.04. The van der Waals surface area contributed by atoms with E-state index < -0.39 is 11.9 Å². The van der Waals surface area contributed by atoms with Crippen molar-refractivity contribution in [2.24, 2.45) is 0 Å². The van der Waals surface area contributed by atoms with E-state index in [0.29, 0.717) is 11.1 Å². The predicted molar refractivity (Wildman–Crippen MR) is 61.4 cm³/mol. The average Bonchev–Trinajstić information content (AvgIpc) is 2.39. The van der Waals surface area contributed by atoms with Gasteiger partial charge in [0, 0.05) is 18.0 Å². The smallest absolute Gasteiger partial charge is 0.355 e. The van der Waals surface area contributed by atoms with Crippen LogP contribution in [0.5, 0.6) is 0 Å². The summed E-state index contributed by atoms with van der Waals surface area (Å²) in [4.78, 5) is 29.3. The van der Waals surface area contributed by atoms with Gasteiger partial charge in [0.2, 0.25) is 0 Å². The number of hydrogen-bond acceptors (Lipinski definition) is 4. The number of nitrogens with zero attached hydrogens (tertiary/aromatic N) is 2. The molecule has 6 heteroatoms. The van der Waals surface area contributed by atoms with Crippen LogP contribution < -0.4 is 0 Å². The summed E-state index contributed by atoms with van der Waals surface area (Å²) in [7, 11) is 0. The van der Waals surface area contributed by atoms with Crippen molar-refractivity contribution in [2.75, 3.05) is 0 Å². The molecule has 0 aliphatic heterocycles. The van der Waals surface area contributed by atoms with E-state index >= 15 is 0 Å². The van der Waals surface area contributed by atoms with Crippen molar-refractivity contribution in [1.29, 1.82) is 0 Å². The molecule has 0 aromatic carbocycles. The number of carboxylic acid groups (broad SMARTS) is 2. The van der Waals surface area contributed by atoms with Crippen LogP contribution in [0.3, 0.4) is 0 Å². The Balaban J connectivity index is 2.61. The monoisotopic (exact) mass is 244 g/mol. The largest absolute Gasteiger partial charge is 0.477 e. The second-order valence-corrected chi connectivity index (χ2v) is 3.44. The fourth-order valence-electron chi connectivity index (χ4n) is 1.51. The van der Waals surface area contributed by atoms with Crippen LogP contribution in [-0.4, -0.2) is 32.1 Å². The maximum Gasteiger partial charge on any atom is 0.355 e. The minimum atomic E-state index is -1.27. The van der Waals surface area contributed by atoms with Gasteiger partial charge in [0.05, 0.1) is 0 Å². The van der Waals surface area contributed by atoms with Crippen molar-refractivity contribution >= 4 is 11.9 Å². The lowest BCUT2D eigenvalue weighted by atomic mass is 10.0. The summed E-state index contributed by atoms with van der Waals surface area (Å²) in [5.41, 5.74) is 0.382. The summed E-state index contributed by atoms with van der Waals surface area (Å²) in [5, 5.41) is 17.8. The highest BCUT2D eigenvalue weighted by atomic mass is 16.4. The maximum absolute atomic E-state index is 11.1. The molecule has 2 aromatic heterocycles. The fourth-order valence-corrected chi connectivity index (χ4v) is 1.51. The van der Waals surface area contributed by atoms with Crippen molar-refractivity contribution in [1.82, 2.24) is 9.97 Å². The van der Waals surface area contributed by atoms with Crippen molar-refractivity contribution in [3.8, 4) is 11.1 Å². The van der Waals surface area contributed by atoms with Crippen LogP contribution in [0.25, 0.3) is 11.1 Å². The Morgan fingerprint density at radius 2 is 1.61 bits per heavy atom. The van der Waals surface area contributed by atoms with Gasteiger partial charge in [0.25, 0.3) is 0 Å². The van der Waals surface area contributed by atoms with Gasteiger partial charge in [-0.05, 0) is 29.8 Å². The molecule has 0 fully saturated rings. The lowest BCUT2D eigenvalue weighted by Gasteiger charge is -2.06. The molecule has 0 saturated heterocycles. The van der Waals surface area contributed by atoms with Gasteiger partial charge < -0.3 is 10.2 Å². The van der Waals surface area contributed by atoms with Gasteiger partial charge in [-0.25, -0.2) is 14.6 Å². The number of carboxylic acids is 2. The van der Waals surface area contributed by atoms with E-state index in [1.807, 2.05) is 0 Å². The van der Waals surface area contributed by atoms with E-state index in [1.54, 1.807) is 12.1 Å². The number of pyridine rings is 2. The first-order valence-corrected chi connectivity index (χ1v) is 4.97. The van der Waals surface area contributed by atoms with Crippen LogP contribution in [0, 0.1) is 0 Å². The van der Waals surface area contributed by atoms with Crippen LogP contribution in [0.4, 0.5) is 0 Å². The molecule has 2 N–H and O–H groups in total. The molecular formula is C12H8N2O4. The number of aromatic nitrogens is 2. The van der Waals surface area contributed by atoms with Crippen molar-refractivity contribution in [2.45, 2.75) is 0 Å². The lowest BCUT2D eigenvalue weighted by Crippen LogP contribution is -2.09. The molecule has 0 unspecified atom stereocenters. The molecule has 0 bridgehead atoms. The van der Waals surface area contributed by atoms with Crippen LogP contribution in [0.15, 0.2) is 36.7 Å². The minimum Gasteiger partial charge on any atom is -0.477 e. The Morgan fingerprint density at radius 3 is 2.17 bits per heavy atom. The van der Waals surface area contributed by atoms with Gasteiger partial charge in [0.1, 0.15) is 5.69 Å². The Hall–Kier alpha value is -2.76. The normalized spacial score (nSPS) is 10.0. The highest BCUT2D eigenvalue weighted by Gasteiger charge is 2.16. The van der Waals surface area contributed by atoms with Gasteiger partial charge in [-0.3, -0.25) is 4.98 Å². The van der Waals surface area contributed by atoms with Crippen LogP contribution in [-0.2, 0) is 0 Å². The first kappa shape index (κ1) is 11.7. The van der Waals surface area contributed by atoms with E-state index in [1.165, 1.54) is 24.5 Å². The molecule has 0 aliphatic carbocycles. The first-order chi connectivity index (χ1) is 8.59. The second kappa shape index (κ2) is 4.62. The summed E-state index contributed by atoms with van der Waals surface area (Å²) >= 11 is 0. The van der Waals surface area contributed by atoms with E-state index in [4.69, 9.17) is 10.2 Å². The van der Waals surface area contributed by atoms with Crippen LogP contribution in [0.1, 0.15) is 21.0 Å². The molecule has 2 heterocycles. The summed E-state index contributed by atoms with van der Waals surface area (Å²) in [5.74, 6) is -2.54. The molecule has 6 nitrogen and oxygen atoms in total. The van der Waals surface area contributed by atoms with Gasteiger partial charge in [-0.2, -0.15) is 0 Å². The Kier molecular flexibility index (Phi) is 3.01. The molecule has 0 spiro atoms. The number of rotatable bonds is 3. The van der Waals surface area contributed by atoms with Gasteiger partial charge in [-0.1, -0.05) is 0 Å².